The lowest BCUT2D eigenvalue weighted by Crippen LogP contribution is -2.38. The first kappa shape index (κ1) is 7.82. The minimum Gasteiger partial charge on any atom is -0.344 e. The van der Waals surface area contributed by atoms with E-state index >= 15 is 0 Å². The van der Waals surface area contributed by atoms with Crippen molar-refractivity contribution in [3.05, 3.63) is 0 Å². The van der Waals surface area contributed by atoms with Crippen molar-refractivity contribution in [2.45, 2.75) is 38.4 Å². The van der Waals surface area contributed by atoms with Crippen molar-refractivity contribution >= 4 is 5.78 Å². The zero-order valence-electron chi connectivity index (χ0n) is 7.39. The normalized spacial score (nSPS) is 43.1. The second kappa shape index (κ2) is 1.92. The van der Waals surface area contributed by atoms with Gasteiger partial charge in [0.2, 0.25) is 5.60 Å². The highest BCUT2D eigenvalue weighted by molar-refractivity contribution is 5.95. The van der Waals surface area contributed by atoms with Gasteiger partial charge in [0, 0.05) is 6.42 Å². The van der Waals surface area contributed by atoms with E-state index in [1.54, 1.807) is 0 Å². The van der Waals surface area contributed by atoms with E-state index in [4.69, 9.17) is 11.2 Å². The molecule has 2 fully saturated rings. The molecule has 2 nitrogen and oxygen atoms in total. The molecule has 64 valence electrons. The number of carbonyl (C=O) groups excluding carboxylic acids is 1. The Morgan fingerprint density at radius 2 is 2.33 bits per heavy atom. The quantitative estimate of drug-likeness (QED) is 0.397. The maximum absolute atomic E-state index is 11.4. The van der Waals surface area contributed by atoms with Crippen molar-refractivity contribution in [2.75, 3.05) is 0 Å². The molecule has 1 saturated carbocycles. The van der Waals surface area contributed by atoms with Crippen LogP contribution < -0.4 is 0 Å². The van der Waals surface area contributed by atoms with Gasteiger partial charge in [-0.05, 0) is 11.8 Å². The van der Waals surface area contributed by atoms with Gasteiger partial charge < -0.3 is 4.74 Å². The van der Waals surface area contributed by atoms with Crippen molar-refractivity contribution in [3.8, 4) is 12.3 Å². The second-order valence-corrected chi connectivity index (χ2v) is 4.29. The molecule has 2 atom stereocenters. The molecule has 1 aliphatic carbocycles. The second-order valence-electron chi connectivity index (χ2n) is 4.29. The summed E-state index contributed by atoms with van der Waals surface area (Å²) in [5.74, 6) is 2.58. The smallest absolute Gasteiger partial charge is 0.213 e. The van der Waals surface area contributed by atoms with E-state index in [9.17, 15) is 4.79 Å². The molecule has 1 saturated heterocycles. The Kier molecular flexibility index (Phi) is 1.25. The molecule has 1 heterocycles. The summed E-state index contributed by atoms with van der Waals surface area (Å²) in [6.07, 6.45) is 6.72. The highest BCUT2D eigenvalue weighted by atomic mass is 16.6. The molecular formula is C10H12O2. The van der Waals surface area contributed by atoms with Gasteiger partial charge in [-0.3, -0.25) is 4.79 Å². The Bertz CT molecular complexity index is 285. The minimum atomic E-state index is -0.832. The van der Waals surface area contributed by atoms with Crippen LogP contribution in [0.3, 0.4) is 0 Å². The molecular weight excluding hydrogens is 152 g/mol. The van der Waals surface area contributed by atoms with Crippen molar-refractivity contribution < 1.29 is 9.53 Å². The lowest BCUT2D eigenvalue weighted by molar-refractivity contribution is -0.123. The standard InChI is InChI=1S/C10H12O2/c1-4-10-7(11)5-6-9(2,3)8(10)12-10/h1,8H,5-6H2,2-3H3. The van der Waals surface area contributed by atoms with Crippen LogP contribution in [-0.4, -0.2) is 17.5 Å². The molecule has 0 bridgehead atoms. The van der Waals surface area contributed by atoms with Gasteiger partial charge in [-0.1, -0.05) is 19.8 Å². The van der Waals surface area contributed by atoms with E-state index in [0.717, 1.165) is 6.42 Å². The number of terminal acetylenes is 1. The fraction of sp³-hybridized carbons (Fsp3) is 0.700. The molecule has 0 spiro atoms. The third kappa shape index (κ3) is 0.723. The lowest BCUT2D eigenvalue weighted by atomic mass is 9.72. The number of fused-ring (bicyclic) bond motifs is 1. The van der Waals surface area contributed by atoms with E-state index in [0.29, 0.717) is 6.42 Å². The SMILES string of the molecule is C#CC12OC1C(C)(C)CCC2=O. The van der Waals surface area contributed by atoms with E-state index in [1.165, 1.54) is 0 Å². The van der Waals surface area contributed by atoms with Crippen LogP contribution in [0, 0.1) is 17.8 Å². The zero-order valence-corrected chi connectivity index (χ0v) is 7.39. The molecule has 2 rings (SSSR count). The zero-order chi connectivity index (χ0) is 8.98. The van der Waals surface area contributed by atoms with Gasteiger partial charge in [0.25, 0.3) is 0 Å². The monoisotopic (exact) mass is 164 g/mol. The summed E-state index contributed by atoms with van der Waals surface area (Å²) in [4.78, 5) is 11.4. The minimum absolute atomic E-state index is 0.0313. The summed E-state index contributed by atoms with van der Waals surface area (Å²) in [6.45, 7) is 4.20. The predicted octanol–water partition coefficient (Wildman–Crippen LogP) is 1.15. The average Bonchev–Trinajstić information content (AvgIpc) is 2.75. The third-order valence-corrected chi connectivity index (χ3v) is 2.95. The third-order valence-electron chi connectivity index (χ3n) is 2.95. The highest BCUT2D eigenvalue weighted by Crippen LogP contribution is 2.54. The summed E-state index contributed by atoms with van der Waals surface area (Å²) in [7, 11) is 0. The summed E-state index contributed by atoms with van der Waals surface area (Å²) in [5, 5.41) is 0. The van der Waals surface area contributed by atoms with E-state index < -0.39 is 5.60 Å². The Balaban J connectivity index is 2.32. The summed E-state index contributed by atoms with van der Waals surface area (Å²) < 4.78 is 5.36. The summed E-state index contributed by atoms with van der Waals surface area (Å²) in [5.41, 5.74) is -0.762. The number of ether oxygens (including phenoxy) is 1. The molecule has 2 heteroatoms. The summed E-state index contributed by atoms with van der Waals surface area (Å²) >= 11 is 0. The number of Topliss-reactive ketones (excluding diaryl/α,β-unsaturated/α-hetero) is 1. The first-order valence-electron chi connectivity index (χ1n) is 4.22. The number of hydrogen-bond donors (Lipinski definition) is 0. The van der Waals surface area contributed by atoms with E-state index in [1.807, 2.05) is 0 Å². The van der Waals surface area contributed by atoms with Gasteiger partial charge in [-0.25, -0.2) is 0 Å². The van der Waals surface area contributed by atoms with E-state index in [-0.39, 0.29) is 17.3 Å². The Labute approximate surface area is 72.3 Å². The number of carbonyl (C=O) groups is 1. The van der Waals surface area contributed by atoms with Crippen LogP contribution in [0.2, 0.25) is 0 Å². The highest BCUT2D eigenvalue weighted by Gasteiger charge is 2.68. The molecule has 0 amide bonds. The molecule has 2 unspecified atom stereocenters. The van der Waals surface area contributed by atoms with Crippen LogP contribution in [0.1, 0.15) is 26.7 Å². The molecule has 0 aromatic rings. The van der Waals surface area contributed by atoms with E-state index in [2.05, 4.69) is 19.8 Å². The maximum Gasteiger partial charge on any atom is 0.213 e. The Hall–Kier alpha value is -0.810. The van der Waals surface area contributed by atoms with Crippen molar-refractivity contribution in [1.29, 1.82) is 0 Å². The number of epoxide rings is 1. The maximum atomic E-state index is 11.4. The van der Waals surface area contributed by atoms with Crippen LogP contribution in [0.5, 0.6) is 0 Å². The van der Waals surface area contributed by atoms with Gasteiger partial charge in [-0.2, -0.15) is 0 Å². The Morgan fingerprint density at radius 3 is 2.83 bits per heavy atom. The first-order valence-corrected chi connectivity index (χ1v) is 4.22. The molecule has 1 aliphatic heterocycles. The van der Waals surface area contributed by atoms with Crippen LogP contribution in [0.15, 0.2) is 0 Å². The molecule has 12 heavy (non-hydrogen) atoms. The largest absolute Gasteiger partial charge is 0.344 e. The first-order chi connectivity index (χ1) is 5.53. The molecule has 2 aliphatic rings. The van der Waals surface area contributed by atoms with Gasteiger partial charge in [0.05, 0.1) is 0 Å². The van der Waals surface area contributed by atoms with Gasteiger partial charge in [0.1, 0.15) is 6.10 Å². The van der Waals surface area contributed by atoms with Crippen molar-refractivity contribution in [2.24, 2.45) is 5.41 Å². The topological polar surface area (TPSA) is 29.6 Å². The molecule has 0 aromatic carbocycles. The van der Waals surface area contributed by atoms with Gasteiger partial charge in [0.15, 0.2) is 5.78 Å². The van der Waals surface area contributed by atoms with Crippen LogP contribution in [0.25, 0.3) is 0 Å². The molecule has 0 aromatic heterocycles. The van der Waals surface area contributed by atoms with Gasteiger partial charge in [-0.15, -0.1) is 6.42 Å². The average molecular weight is 164 g/mol. The van der Waals surface area contributed by atoms with Crippen LogP contribution in [-0.2, 0) is 9.53 Å². The predicted molar refractivity (Wildman–Crippen MR) is 44.5 cm³/mol. The molecule has 0 radical (unpaired) electrons. The van der Waals surface area contributed by atoms with Crippen molar-refractivity contribution in [1.82, 2.24) is 0 Å². The lowest BCUT2D eigenvalue weighted by Gasteiger charge is -2.27. The Morgan fingerprint density at radius 1 is 1.67 bits per heavy atom. The van der Waals surface area contributed by atoms with Crippen molar-refractivity contribution in [3.63, 3.8) is 0 Å². The summed E-state index contributed by atoms with van der Waals surface area (Å²) in [6, 6.07) is 0. The van der Waals surface area contributed by atoms with Crippen LogP contribution in [0.4, 0.5) is 0 Å². The van der Waals surface area contributed by atoms with Gasteiger partial charge >= 0.3 is 0 Å². The fourth-order valence-corrected chi connectivity index (χ4v) is 2.02. The number of hydrogen-bond acceptors (Lipinski definition) is 2. The fourth-order valence-electron chi connectivity index (χ4n) is 2.02. The number of ketones is 1. The van der Waals surface area contributed by atoms with Crippen LogP contribution >= 0.6 is 0 Å². The number of rotatable bonds is 0. The molecule has 0 N–H and O–H groups in total.